The number of aliphatic carboxylic acids is 1. The average molecular weight is 913 g/mol. The van der Waals surface area contributed by atoms with E-state index in [4.69, 9.17) is 28.4 Å². The van der Waals surface area contributed by atoms with Crippen LogP contribution in [0.4, 0.5) is 0 Å². The number of ether oxygens (including phenoxy) is 6. The molecule has 0 aromatic rings. The lowest BCUT2D eigenvalue weighted by molar-refractivity contribution is -0.371. The monoisotopic (exact) mass is 913 g/mol. The molecule has 7 fully saturated rings. The highest BCUT2D eigenvalue weighted by Gasteiger charge is 2.71. The van der Waals surface area contributed by atoms with Crippen LogP contribution in [-0.4, -0.2) is 168 Å². The second-order valence-electron chi connectivity index (χ2n) is 23.1. The zero-order chi connectivity index (χ0) is 46.9. The summed E-state index contributed by atoms with van der Waals surface area (Å²) in [6.07, 6.45) is -12.9. The van der Waals surface area contributed by atoms with Gasteiger partial charge in [0, 0.05) is 0 Å². The quantitative estimate of drug-likeness (QED) is 0.122. The molecule has 23 unspecified atom stereocenters. The van der Waals surface area contributed by atoms with Crippen LogP contribution in [0.3, 0.4) is 0 Å². The van der Waals surface area contributed by atoms with Gasteiger partial charge in [-0.15, -0.1) is 0 Å². The largest absolute Gasteiger partial charge is 0.481 e. The number of carbonyl (C=O) groups is 1. The maximum atomic E-state index is 13.1. The minimum Gasteiger partial charge on any atom is -0.481 e. The van der Waals surface area contributed by atoms with Gasteiger partial charge in [-0.25, -0.2) is 0 Å². The number of fused-ring (bicyclic) bond motifs is 7. The Morgan fingerprint density at radius 1 is 0.719 bits per heavy atom. The number of carboxylic acid groups (broad SMARTS) is 1. The van der Waals surface area contributed by atoms with Crippen molar-refractivity contribution in [1.29, 1.82) is 0 Å². The topological polar surface area (TPSA) is 275 Å². The van der Waals surface area contributed by atoms with E-state index in [9.17, 15) is 55.9 Å². The number of hydrogen-bond acceptors (Lipinski definition) is 16. The molecule has 3 heterocycles. The fraction of sp³-hybridized carbons (Fsp3) is 0.936. The smallest absolute Gasteiger partial charge is 0.312 e. The molecule has 23 atom stereocenters. The molecule has 8 aliphatic rings. The Morgan fingerprint density at radius 2 is 1.38 bits per heavy atom. The van der Waals surface area contributed by atoms with Crippen molar-refractivity contribution in [2.24, 2.45) is 50.2 Å². The van der Waals surface area contributed by atoms with E-state index < -0.39 is 110 Å². The third-order valence-corrected chi connectivity index (χ3v) is 19.0. The van der Waals surface area contributed by atoms with E-state index in [0.717, 1.165) is 38.5 Å². The molecule has 0 spiro atoms. The van der Waals surface area contributed by atoms with Crippen LogP contribution >= 0.6 is 0 Å². The molecule has 4 saturated carbocycles. The van der Waals surface area contributed by atoms with Crippen LogP contribution in [-0.2, 0) is 33.2 Å². The minimum atomic E-state index is -1.75. The van der Waals surface area contributed by atoms with Crippen molar-refractivity contribution >= 4 is 5.97 Å². The fourth-order valence-corrected chi connectivity index (χ4v) is 14.9. The Hall–Kier alpha value is -1.39. The molecule has 366 valence electrons. The second-order valence-corrected chi connectivity index (χ2v) is 23.1. The average Bonchev–Trinajstić information content (AvgIpc) is 3.21. The van der Waals surface area contributed by atoms with Crippen molar-refractivity contribution in [3.8, 4) is 0 Å². The van der Waals surface area contributed by atoms with Gasteiger partial charge >= 0.3 is 5.97 Å². The van der Waals surface area contributed by atoms with Crippen LogP contribution in [0.1, 0.15) is 113 Å². The van der Waals surface area contributed by atoms with Gasteiger partial charge in [0.1, 0.15) is 66.5 Å². The van der Waals surface area contributed by atoms with E-state index in [-0.39, 0.29) is 57.5 Å². The minimum absolute atomic E-state index is 0.0226. The number of carboxylic acids is 1. The van der Waals surface area contributed by atoms with Gasteiger partial charge in [-0.05, 0) is 110 Å². The maximum Gasteiger partial charge on any atom is 0.312 e. The lowest BCUT2D eigenvalue weighted by Gasteiger charge is -2.71. The molecule has 3 aliphatic heterocycles. The normalized spacial score (nSPS) is 54.6. The fourth-order valence-electron chi connectivity index (χ4n) is 14.9. The van der Waals surface area contributed by atoms with Gasteiger partial charge in [-0.1, -0.05) is 60.1 Å². The van der Waals surface area contributed by atoms with E-state index in [1.165, 1.54) is 12.5 Å². The van der Waals surface area contributed by atoms with E-state index >= 15 is 0 Å². The van der Waals surface area contributed by atoms with Crippen LogP contribution in [0.5, 0.6) is 0 Å². The summed E-state index contributed by atoms with van der Waals surface area (Å²) in [5.74, 6) is -0.592. The van der Waals surface area contributed by atoms with Crippen LogP contribution in [0.2, 0.25) is 0 Å². The summed E-state index contributed by atoms with van der Waals surface area (Å²) in [5, 5.41) is 108. The molecule has 64 heavy (non-hydrogen) atoms. The zero-order valence-electron chi connectivity index (χ0n) is 38.7. The summed E-state index contributed by atoms with van der Waals surface area (Å²) in [7, 11) is 0. The van der Waals surface area contributed by atoms with Gasteiger partial charge in [-0.3, -0.25) is 4.79 Å². The first-order valence-corrected chi connectivity index (χ1v) is 23.7. The van der Waals surface area contributed by atoms with Gasteiger partial charge in [0.25, 0.3) is 0 Å². The van der Waals surface area contributed by atoms with Crippen molar-refractivity contribution in [1.82, 2.24) is 0 Å². The highest BCUT2D eigenvalue weighted by Crippen LogP contribution is 2.76. The molecule has 3 saturated heterocycles. The summed E-state index contributed by atoms with van der Waals surface area (Å²) in [5.41, 5.74) is -0.972. The lowest BCUT2D eigenvalue weighted by Crippen LogP contribution is -2.68. The SMILES string of the molecule is CC1OC(OC2COC(OC3CCC4(C)C(CCC5(C)C4CC=C4C6CC(C)(C)CCC6(C(=O)O)C(O)CC45C)C3(C)C)C(O)C2O)C(O)C(O)C1OC1OC(CO)C(O)C(O)C1O. The van der Waals surface area contributed by atoms with Gasteiger partial charge in [0.05, 0.1) is 31.5 Å². The van der Waals surface area contributed by atoms with Crippen molar-refractivity contribution in [3.05, 3.63) is 11.6 Å². The van der Waals surface area contributed by atoms with Crippen molar-refractivity contribution in [3.63, 3.8) is 0 Å². The predicted molar refractivity (Wildman–Crippen MR) is 225 cm³/mol. The third-order valence-electron chi connectivity index (χ3n) is 19.0. The summed E-state index contributed by atoms with van der Waals surface area (Å²) in [4.78, 5) is 13.1. The molecule has 10 N–H and O–H groups in total. The third kappa shape index (κ3) is 7.40. The van der Waals surface area contributed by atoms with Crippen LogP contribution in [0, 0.1) is 50.2 Å². The van der Waals surface area contributed by atoms with Gasteiger partial charge in [-0.2, -0.15) is 0 Å². The first-order valence-electron chi connectivity index (χ1n) is 23.7. The Kier molecular flexibility index (Phi) is 13.0. The summed E-state index contributed by atoms with van der Waals surface area (Å²) in [6.45, 7) is 16.6. The lowest BCUT2D eigenvalue weighted by atomic mass is 9.33. The molecule has 0 aromatic carbocycles. The first-order chi connectivity index (χ1) is 29.8. The number of allylic oxidation sites excluding steroid dienone is 2. The number of aliphatic hydroxyl groups excluding tert-OH is 9. The van der Waals surface area contributed by atoms with Crippen molar-refractivity contribution in [2.45, 2.75) is 211 Å². The molecule has 17 heteroatoms. The Balaban J connectivity index is 0.914. The number of aliphatic hydroxyl groups is 9. The molecular formula is C47H76O17. The molecular weight excluding hydrogens is 837 g/mol. The van der Waals surface area contributed by atoms with Gasteiger partial charge in [0.15, 0.2) is 18.9 Å². The second kappa shape index (κ2) is 16.9. The number of rotatable bonds is 8. The van der Waals surface area contributed by atoms with E-state index in [2.05, 4.69) is 54.5 Å². The maximum absolute atomic E-state index is 13.1. The van der Waals surface area contributed by atoms with E-state index in [1.54, 1.807) is 0 Å². The Bertz CT molecular complexity index is 1760. The van der Waals surface area contributed by atoms with E-state index in [0.29, 0.717) is 19.3 Å². The predicted octanol–water partition coefficient (Wildman–Crippen LogP) is 1.34. The number of hydrogen-bond donors (Lipinski definition) is 10. The highest BCUT2D eigenvalue weighted by atomic mass is 16.8. The molecule has 5 aliphatic carbocycles. The zero-order valence-corrected chi connectivity index (χ0v) is 38.7. The molecule has 0 radical (unpaired) electrons. The van der Waals surface area contributed by atoms with Crippen LogP contribution in [0.15, 0.2) is 11.6 Å². The molecule has 8 rings (SSSR count). The summed E-state index contributed by atoms with van der Waals surface area (Å²) < 4.78 is 35.5. The van der Waals surface area contributed by atoms with Crippen molar-refractivity contribution in [2.75, 3.05) is 13.2 Å². The highest BCUT2D eigenvalue weighted by molar-refractivity contribution is 5.77. The van der Waals surface area contributed by atoms with Crippen LogP contribution < -0.4 is 0 Å². The van der Waals surface area contributed by atoms with Gasteiger partial charge < -0.3 is 79.5 Å². The van der Waals surface area contributed by atoms with Crippen LogP contribution in [0.25, 0.3) is 0 Å². The van der Waals surface area contributed by atoms with E-state index in [1.807, 2.05) is 0 Å². The molecule has 0 aromatic heterocycles. The summed E-state index contributed by atoms with van der Waals surface area (Å²) in [6, 6.07) is 0. The van der Waals surface area contributed by atoms with Crippen molar-refractivity contribution < 1.29 is 84.3 Å². The first kappa shape index (κ1) is 49.0. The Labute approximate surface area is 376 Å². The molecule has 0 amide bonds. The van der Waals surface area contributed by atoms with Gasteiger partial charge in [0.2, 0.25) is 0 Å². The standard InChI is InChI=1S/C47H76O17/c1-21-37(64-40-35(55)32(52)30(50)24(19-48)61-40)33(53)36(56)39(60-21)62-25-20-59-38(34(54)31(25)51)63-29-12-13-44(6)26(43(29,4)5)11-14-45(7)27(44)10-9-22-23-17-42(2,3)15-16-47(23,41(57)58)28(49)18-46(22,45)8/h9,21,23-40,48-56H,10-20H2,1-8H3,(H,57,58). The molecule has 0 bridgehead atoms. The Morgan fingerprint density at radius 3 is 2.05 bits per heavy atom. The summed E-state index contributed by atoms with van der Waals surface area (Å²) >= 11 is 0. The molecule has 17 nitrogen and oxygen atoms in total.